The summed E-state index contributed by atoms with van der Waals surface area (Å²) in [6.07, 6.45) is 0.853. The van der Waals surface area contributed by atoms with Gasteiger partial charge in [-0.1, -0.05) is 42.3 Å². The number of hydrogen-bond acceptors (Lipinski definition) is 2. The van der Waals surface area contributed by atoms with Crippen LogP contribution in [-0.4, -0.2) is 22.9 Å². The molecule has 5 heteroatoms. The van der Waals surface area contributed by atoms with E-state index in [1.54, 1.807) is 4.68 Å². The molecule has 1 aromatic carbocycles. The fraction of sp³-hybridized carbons (Fsp3) is 0.438. The maximum Gasteiger partial charge on any atom is 0.130 e. The Hall–Kier alpha value is -1.03. The van der Waals surface area contributed by atoms with Gasteiger partial charge >= 0.3 is 0 Å². The Morgan fingerprint density at radius 2 is 2.10 bits per heavy atom. The highest BCUT2D eigenvalue weighted by Gasteiger charge is 2.18. The minimum atomic E-state index is 0.323. The molecular formula is C16H21Cl2N3. The lowest BCUT2D eigenvalue weighted by molar-refractivity contribution is 0.594. The predicted octanol–water partition coefficient (Wildman–Crippen LogP) is 3.97. The maximum atomic E-state index is 6.36. The fourth-order valence-corrected chi connectivity index (χ4v) is 2.99. The highest BCUT2D eigenvalue weighted by Crippen LogP contribution is 2.28. The quantitative estimate of drug-likeness (QED) is 0.870. The molecule has 114 valence electrons. The van der Waals surface area contributed by atoms with Crippen molar-refractivity contribution in [1.82, 2.24) is 15.1 Å². The summed E-state index contributed by atoms with van der Waals surface area (Å²) >= 11 is 12.5. The molecule has 0 saturated heterocycles. The summed E-state index contributed by atoms with van der Waals surface area (Å²) in [5.41, 5.74) is 3.33. The molecule has 1 atom stereocenters. The summed E-state index contributed by atoms with van der Waals surface area (Å²) in [5, 5.41) is 9.30. The third-order valence-corrected chi connectivity index (χ3v) is 4.39. The minimum Gasteiger partial charge on any atom is -0.316 e. The molecule has 1 N–H and O–H groups in total. The first-order valence-corrected chi connectivity index (χ1v) is 7.92. The van der Waals surface area contributed by atoms with Crippen molar-refractivity contribution in [3.8, 4) is 0 Å². The molecule has 2 aromatic rings. The number of nitrogens with zero attached hydrogens (tertiary/aromatic N) is 2. The predicted molar refractivity (Wildman–Crippen MR) is 89.4 cm³/mol. The summed E-state index contributed by atoms with van der Waals surface area (Å²) in [6, 6.07) is 8.04. The summed E-state index contributed by atoms with van der Waals surface area (Å²) in [4.78, 5) is 0. The first kappa shape index (κ1) is 16.3. The van der Waals surface area contributed by atoms with Crippen molar-refractivity contribution in [2.45, 2.75) is 26.2 Å². The molecule has 0 bridgehead atoms. The Morgan fingerprint density at radius 1 is 1.33 bits per heavy atom. The summed E-state index contributed by atoms with van der Waals surface area (Å²) in [6.45, 7) is 5.94. The van der Waals surface area contributed by atoms with Gasteiger partial charge in [0.05, 0.1) is 5.69 Å². The van der Waals surface area contributed by atoms with Crippen LogP contribution >= 0.6 is 23.2 Å². The van der Waals surface area contributed by atoms with Crippen molar-refractivity contribution in [3.63, 3.8) is 0 Å². The van der Waals surface area contributed by atoms with Gasteiger partial charge in [-0.05, 0) is 37.6 Å². The molecule has 1 aromatic heterocycles. The number of hydrogen-bond donors (Lipinski definition) is 1. The Morgan fingerprint density at radius 3 is 2.67 bits per heavy atom. The van der Waals surface area contributed by atoms with Gasteiger partial charge in [0.15, 0.2) is 0 Å². The second-order valence-corrected chi connectivity index (χ2v) is 6.04. The molecule has 0 aliphatic rings. The van der Waals surface area contributed by atoms with Crippen molar-refractivity contribution < 1.29 is 0 Å². The van der Waals surface area contributed by atoms with Gasteiger partial charge in [-0.3, -0.25) is 4.68 Å². The number of rotatable bonds is 6. The van der Waals surface area contributed by atoms with Gasteiger partial charge in [-0.2, -0.15) is 5.10 Å². The first-order valence-electron chi connectivity index (χ1n) is 7.17. The maximum absolute atomic E-state index is 6.36. The minimum absolute atomic E-state index is 0.323. The smallest absolute Gasteiger partial charge is 0.130 e. The molecule has 0 radical (unpaired) electrons. The summed E-state index contributed by atoms with van der Waals surface area (Å²) in [5.74, 6) is 0.323. The second kappa shape index (κ2) is 7.30. The van der Waals surface area contributed by atoms with E-state index in [0.29, 0.717) is 5.92 Å². The Bertz CT molecular complexity index is 608. The molecule has 0 amide bonds. The van der Waals surface area contributed by atoms with Gasteiger partial charge in [0.25, 0.3) is 0 Å². The molecule has 0 fully saturated rings. The standard InChI is InChI=1S/C16H21Cl2N3/c1-4-19-10-13(12-6-5-7-14(17)8-12)9-15-11(2)20-21(3)16(15)18/h5-8,13,19H,4,9-10H2,1-3H3. The van der Waals surface area contributed by atoms with Gasteiger partial charge < -0.3 is 5.32 Å². The molecule has 0 aliphatic carbocycles. The number of benzene rings is 1. The number of nitrogens with one attached hydrogen (secondary N) is 1. The van der Waals surface area contributed by atoms with E-state index in [1.165, 1.54) is 5.56 Å². The van der Waals surface area contributed by atoms with Crippen LogP contribution < -0.4 is 5.32 Å². The molecule has 2 rings (SSSR count). The van der Waals surface area contributed by atoms with Gasteiger partial charge in [0.2, 0.25) is 0 Å². The zero-order chi connectivity index (χ0) is 15.4. The highest BCUT2D eigenvalue weighted by atomic mass is 35.5. The molecule has 1 heterocycles. The van der Waals surface area contributed by atoms with E-state index in [4.69, 9.17) is 23.2 Å². The monoisotopic (exact) mass is 325 g/mol. The van der Waals surface area contributed by atoms with Crippen molar-refractivity contribution in [2.75, 3.05) is 13.1 Å². The second-order valence-electron chi connectivity index (χ2n) is 5.24. The average Bonchev–Trinajstić information content (AvgIpc) is 2.69. The van der Waals surface area contributed by atoms with E-state index >= 15 is 0 Å². The Labute approximate surface area is 136 Å². The van der Waals surface area contributed by atoms with E-state index in [9.17, 15) is 0 Å². The van der Waals surface area contributed by atoms with Crippen LogP contribution in [0.2, 0.25) is 10.2 Å². The van der Waals surface area contributed by atoms with E-state index in [0.717, 1.165) is 40.9 Å². The largest absolute Gasteiger partial charge is 0.316 e. The number of aromatic nitrogens is 2. The average molecular weight is 326 g/mol. The lowest BCUT2D eigenvalue weighted by atomic mass is 9.92. The van der Waals surface area contributed by atoms with E-state index in [2.05, 4.69) is 23.4 Å². The van der Waals surface area contributed by atoms with Crippen LogP contribution in [0.15, 0.2) is 24.3 Å². The van der Waals surface area contributed by atoms with Crippen molar-refractivity contribution in [3.05, 3.63) is 51.3 Å². The third-order valence-electron chi connectivity index (χ3n) is 3.68. The van der Waals surface area contributed by atoms with Crippen LogP contribution in [0.1, 0.15) is 29.7 Å². The third kappa shape index (κ3) is 4.00. The fourth-order valence-electron chi connectivity index (χ4n) is 2.54. The first-order chi connectivity index (χ1) is 10.0. The lowest BCUT2D eigenvalue weighted by Gasteiger charge is -2.18. The van der Waals surface area contributed by atoms with Gasteiger partial charge in [0.1, 0.15) is 5.15 Å². The lowest BCUT2D eigenvalue weighted by Crippen LogP contribution is -2.23. The van der Waals surface area contributed by atoms with Crippen molar-refractivity contribution in [2.24, 2.45) is 7.05 Å². The number of halogens is 2. The van der Waals surface area contributed by atoms with E-state index in [-0.39, 0.29) is 0 Å². The van der Waals surface area contributed by atoms with Gasteiger partial charge in [0, 0.05) is 30.1 Å². The van der Waals surface area contributed by atoms with E-state index in [1.807, 2.05) is 32.2 Å². The van der Waals surface area contributed by atoms with Crippen molar-refractivity contribution in [1.29, 1.82) is 0 Å². The summed E-state index contributed by atoms with van der Waals surface area (Å²) < 4.78 is 1.73. The van der Waals surface area contributed by atoms with Crippen LogP contribution in [-0.2, 0) is 13.5 Å². The zero-order valence-corrected chi connectivity index (χ0v) is 14.2. The molecule has 0 saturated carbocycles. The van der Waals surface area contributed by atoms with Crippen molar-refractivity contribution >= 4 is 23.2 Å². The molecule has 0 spiro atoms. The van der Waals surface area contributed by atoms with Crippen LogP contribution in [0.5, 0.6) is 0 Å². The number of likely N-dealkylation sites (N-methyl/N-ethyl adjacent to an activating group) is 1. The van der Waals surface area contributed by atoms with Crippen LogP contribution in [0, 0.1) is 6.92 Å². The molecule has 1 unspecified atom stereocenters. The van der Waals surface area contributed by atoms with E-state index < -0.39 is 0 Å². The Kier molecular flexibility index (Phi) is 5.68. The number of aryl methyl sites for hydroxylation is 2. The highest BCUT2D eigenvalue weighted by molar-refractivity contribution is 6.30. The molecule has 21 heavy (non-hydrogen) atoms. The van der Waals surface area contributed by atoms with Crippen LogP contribution in [0.3, 0.4) is 0 Å². The normalized spacial score (nSPS) is 12.6. The molecule has 0 aliphatic heterocycles. The van der Waals surface area contributed by atoms with Gasteiger partial charge in [-0.25, -0.2) is 0 Å². The molecular weight excluding hydrogens is 305 g/mol. The summed E-state index contributed by atoms with van der Waals surface area (Å²) in [7, 11) is 1.87. The van der Waals surface area contributed by atoms with Crippen LogP contribution in [0.4, 0.5) is 0 Å². The topological polar surface area (TPSA) is 29.9 Å². The molecule has 3 nitrogen and oxygen atoms in total. The van der Waals surface area contributed by atoms with Gasteiger partial charge in [-0.15, -0.1) is 0 Å². The zero-order valence-electron chi connectivity index (χ0n) is 12.7. The Balaban J connectivity index is 2.28. The van der Waals surface area contributed by atoms with Crippen LogP contribution in [0.25, 0.3) is 0 Å². The SMILES string of the molecule is CCNCC(Cc1c(C)nn(C)c1Cl)c1cccc(Cl)c1.